The van der Waals surface area contributed by atoms with Gasteiger partial charge in [-0.25, -0.2) is 13.1 Å². The number of carboxylic acids is 1. The van der Waals surface area contributed by atoms with Gasteiger partial charge in [-0.15, -0.1) is 0 Å². The fourth-order valence-electron chi connectivity index (χ4n) is 1.75. The Morgan fingerprint density at radius 2 is 2.05 bits per heavy atom. The van der Waals surface area contributed by atoms with Gasteiger partial charge >= 0.3 is 5.97 Å². The second kappa shape index (κ2) is 5.70. The number of nitrogens with zero attached hydrogens (tertiary/aromatic N) is 2. The lowest BCUT2D eigenvalue weighted by Crippen LogP contribution is -2.28. The van der Waals surface area contributed by atoms with Gasteiger partial charge in [0, 0.05) is 13.6 Å². The number of carboxylic acid groups (broad SMARTS) is 1. The molecule has 108 valence electrons. The van der Waals surface area contributed by atoms with E-state index in [1.54, 1.807) is 20.9 Å². The van der Waals surface area contributed by atoms with Crippen molar-refractivity contribution in [2.45, 2.75) is 32.1 Å². The van der Waals surface area contributed by atoms with Crippen molar-refractivity contribution < 1.29 is 18.3 Å². The monoisotopic (exact) mass is 289 g/mol. The van der Waals surface area contributed by atoms with Gasteiger partial charge in [-0.2, -0.15) is 5.10 Å². The highest BCUT2D eigenvalue weighted by molar-refractivity contribution is 7.89. The number of aromatic nitrogens is 2. The lowest BCUT2D eigenvalue weighted by atomic mass is 10.1. The molecule has 8 heteroatoms. The summed E-state index contributed by atoms with van der Waals surface area (Å²) in [4.78, 5) is 10.8. The standard InChI is InChI=1S/C11H19N3O4S/c1-7(11(15)16)5-6-12-19(17,18)10-8(2)13-14(4)9(10)3/h7,12H,5-6H2,1-4H3,(H,15,16). The molecule has 1 aromatic heterocycles. The SMILES string of the molecule is Cc1nn(C)c(C)c1S(=O)(=O)NCCC(C)C(=O)O. The zero-order valence-corrected chi connectivity index (χ0v) is 12.3. The summed E-state index contributed by atoms with van der Waals surface area (Å²) in [7, 11) is -1.97. The summed E-state index contributed by atoms with van der Waals surface area (Å²) in [6.45, 7) is 4.93. The molecule has 0 bridgehead atoms. The van der Waals surface area contributed by atoms with Crippen molar-refractivity contribution in [1.82, 2.24) is 14.5 Å². The van der Waals surface area contributed by atoms with E-state index in [0.29, 0.717) is 11.4 Å². The summed E-state index contributed by atoms with van der Waals surface area (Å²) in [5, 5.41) is 12.8. The second-order valence-electron chi connectivity index (χ2n) is 4.55. The van der Waals surface area contributed by atoms with E-state index in [2.05, 4.69) is 9.82 Å². The number of carbonyl (C=O) groups is 1. The van der Waals surface area contributed by atoms with Crippen molar-refractivity contribution in [3.63, 3.8) is 0 Å². The van der Waals surface area contributed by atoms with Crippen molar-refractivity contribution in [2.75, 3.05) is 6.54 Å². The number of aliphatic carboxylic acids is 1. The molecule has 0 aliphatic carbocycles. The second-order valence-corrected chi connectivity index (χ2v) is 6.25. The van der Waals surface area contributed by atoms with E-state index in [1.165, 1.54) is 11.6 Å². The molecule has 0 aliphatic heterocycles. The first-order valence-corrected chi connectivity index (χ1v) is 7.37. The molecule has 0 radical (unpaired) electrons. The molecule has 1 unspecified atom stereocenters. The average molecular weight is 289 g/mol. The maximum absolute atomic E-state index is 12.1. The fourth-order valence-corrected chi connectivity index (χ4v) is 3.23. The van der Waals surface area contributed by atoms with Crippen LogP contribution in [0.5, 0.6) is 0 Å². The third-order valence-corrected chi connectivity index (χ3v) is 4.71. The van der Waals surface area contributed by atoms with Gasteiger partial charge in [0.05, 0.1) is 17.3 Å². The number of aryl methyl sites for hydroxylation is 2. The summed E-state index contributed by atoms with van der Waals surface area (Å²) in [6.07, 6.45) is 0.243. The lowest BCUT2D eigenvalue weighted by Gasteiger charge is -2.09. The highest BCUT2D eigenvalue weighted by Crippen LogP contribution is 2.18. The van der Waals surface area contributed by atoms with Gasteiger partial charge in [0.25, 0.3) is 0 Å². The molecule has 0 spiro atoms. The van der Waals surface area contributed by atoms with Crippen LogP contribution in [-0.2, 0) is 21.9 Å². The quantitative estimate of drug-likeness (QED) is 0.790. The first kappa shape index (κ1) is 15.6. The van der Waals surface area contributed by atoms with Crippen molar-refractivity contribution in [3.8, 4) is 0 Å². The Morgan fingerprint density at radius 1 is 1.47 bits per heavy atom. The molecule has 0 fully saturated rings. The van der Waals surface area contributed by atoms with Crippen LogP contribution < -0.4 is 4.72 Å². The minimum atomic E-state index is -3.65. The van der Waals surface area contributed by atoms with Crippen molar-refractivity contribution in [2.24, 2.45) is 13.0 Å². The first-order valence-electron chi connectivity index (χ1n) is 5.89. The lowest BCUT2D eigenvalue weighted by molar-refractivity contribution is -0.141. The Kier molecular flexibility index (Phi) is 4.70. The van der Waals surface area contributed by atoms with Crippen molar-refractivity contribution in [3.05, 3.63) is 11.4 Å². The zero-order valence-electron chi connectivity index (χ0n) is 11.5. The maximum Gasteiger partial charge on any atom is 0.306 e. The smallest absolute Gasteiger partial charge is 0.306 e. The Hall–Kier alpha value is -1.41. The molecule has 1 aromatic rings. The molecule has 0 saturated heterocycles. The number of hydrogen-bond acceptors (Lipinski definition) is 4. The number of nitrogens with one attached hydrogen (secondary N) is 1. The number of hydrogen-bond donors (Lipinski definition) is 2. The van der Waals surface area contributed by atoms with E-state index in [9.17, 15) is 13.2 Å². The Bertz CT molecular complexity index is 577. The molecule has 1 heterocycles. The number of rotatable bonds is 6. The number of sulfonamides is 1. The Balaban J connectivity index is 2.80. The molecule has 7 nitrogen and oxygen atoms in total. The van der Waals surface area contributed by atoms with E-state index in [1.807, 2.05) is 0 Å². The molecule has 1 atom stereocenters. The summed E-state index contributed by atoms with van der Waals surface area (Å²) < 4.78 is 28.2. The molecule has 0 aromatic carbocycles. The summed E-state index contributed by atoms with van der Waals surface area (Å²) in [6, 6.07) is 0. The van der Waals surface area contributed by atoms with Gasteiger partial charge in [-0.05, 0) is 20.3 Å². The highest BCUT2D eigenvalue weighted by Gasteiger charge is 2.23. The van der Waals surface area contributed by atoms with Crippen molar-refractivity contribution >= 4 is 16.0 Å². The summed E-state index contributed by atoms with van der Waals surface area (Å²) >= 11 is 0. The summed E-state index contributed by atoms with van der Waals surface area (Å²) in [5.41, 5.74) is 0.982. The van der Waals surface area contributed by atoms with Crippen LogP contribution in [0.25, 0.3) is 0 Å². The molecular weight excluding hydrogens is 270 g/mol. The van der Waals surface area contributed by atoms with E-state index < -0.39 is 21.9 Å². The van der Waals surface area contributed by atoms with Crippen LogP contribution in [0, 0.1) is 19.8 Å². The van der Waals surface area contributed by atoms with Crippen LogP contribution in [0.3, 0.4) is 0 Å². The largest absolute Gasteiger partial charge is 0.481 e. The predicted octanol–water partition coefficient (Wildman–Crippen LogP) is 0.426. The van der Waals surface area contributed by atoms with Crippen LogP contribution in [-0.4, -0.2) is 35.8 Å². The van der Waals surface area contributed by atoms with Gasteiger partial charge in [0.15, 0.2) is 0 Å². The molecule has 2 N–H and O–H groups in total. The fraction of sp³-hybridized carbons (Fsp3) is 0.636. The zero-order chi connectivity index (χ0) is 14.8. The predicted molar refractivity (Wildman–Crippen MR) is 69.3 cm³/mol. The Labute approximate surface area is 112 Å². The molecule has 0 saturated carbocycles. The van der Waals surface area contributed by atoms with Crippen LogP contribution >= 0.6 is 0 Å². The normalized spacial score (nSPS) is 13.5. The van der Waals surface area contributed by atoms with Crippen LogP contribution in [0.4, 0.5) is 0 Å². The minimum Gasteiger partial charge on any atom is -0.481 e. The topological polar surface area (TPSA) is 101 Å². The molecular formula is C11H19N3O4S. The van der Waals surface area contributed by atoms with Gasteiger partial charge in [-0.3, -0.25) is 9.48 Å². The minimum absolute atomic E-state index is 0.0869. The maximum atomic E-state index is 12.1. The Morgan fingerprint density at radius 3 is 2.47 bits per heavy atom. The third kappa shape index (κ3) is 3.54. The van der Waals surface area contributed by atoms with Gasteiger partial charge in [0.2, 0.25) is 10.0 Å². The van der Waals surface area contributed by atoms with Crippen LogP contribution in [0.1, 0.15) is 24.7 Å². The highest BCUT2D eigenvalue weighted by atomic mass is 32.2. The summed E-state index contributed by atoms with van der Waals surface area (Å²) in [5.74, 6) is -1.52. The van der Waals surface area contributed by atoms with E-state index in [0.717, 1.165) is 0 Å². The van der Waals surface area contributed by atoms with E-state index in [-0.39, 0.29) is 17.9 Å². The van der Waals surface area contributed by atoms with E-state index in [4.69, 9.17) is 5.11 Å². The molecule has 1 rings (SSSR count). The van der Waals surface area contributed by atoms with Gasteiger partial charge in [0.1, 0.15) is 4.90 Å². The average Bonchev–Trinajstić information content (AvgIpc) is 2.52. The van der Waals surface area contributed by atoms with Crippen LogP contribution in [0.15, 0.2) is 4.90 Å². The van der Waals surface area contributed by atoms with E-state index >= 15 is 0 Å². The van der Waals surface area contributed by atoms with Gasteiger partial charge < -0.3 is 5.11 Å². The van der Waals surface area contributed by atoms with Crippen molar-refractivity contribution in [1.29, 1.82) is 0 Å². The first-order chi connectivity index (χ1) is 8.66. The van der Waals surface area contributed by atoms with Gasteiger partial charge in [-0.1, -0.05) is 6.92 Å². The third-order valence-electron chi connectivity index (χ3n) is 3.00. The molecule has 0 amide bonds. The molecule has 0 aliphatic rings. The van der Waals surface area contributed by atoms with Crippen LogP contribution in [0.2, 0.25) is 0 Å². The molecule has 19 heavy (non-hydrogen) atoms.